The Kier molecular flexibility index (Phi) is 5.28. The van der Waals surface area contributed by atoms with Crippen LogP contribution < -0.4 is 10.2 Å². The van der Waals surface area contributed by atoms with Crippen LogP contribution in [0.3, 0.4) is 0 Å². The van der Waals surface area contributed by atoms with E-state index in [1.807, 2.05) is 19.9 Å². The normalized spacial score (nSPS) is 15.5. The Morgan fingerprint density at radius 2 is 1.91 bits per heavy atom. The van der Waals surface area contributed by atoms with E-state index in [1.54, 1.807) is 4.90 Å². The zero-order valence-electron chi connectivity index (χ0n) is 14.7. The molecule has 0 radical (unpaired) electrons. The van der Waals surface area contributed by atoms with Crippen molar-refractivity contribution in [3.63, 3.8) is 0 Å². The third kappa shape index (κ3) is 4.97. The number of nitrogens with one attached hydrogen (secondary N) is 1. The van der Waals surface area contributed by atoms with Crippen molar-refractivity contribution in [1.29, 1.82) is 0 Å². The molecule has 1 amide bonds. The molecular weight excluding hydrogens is 294 g/mol. The lowest BCUT2D eigenvalue weighted by Crippen LogP contribution is -2.49. The van der Waals surface area contributed by atoms with Gasteiger partial charge in [0.1, 0.15) is 5.82 Å². The Bertz CT molecular complexity index is 548. The number of nitrogens with zero attached hydrogens (tertiary/aromatic N) is 4. The molecule has 1 aliphatic heterocycles. The molecule has 7 heteroatoms. The van der Waals surface area contributed by atoms with Crippen LogP contribution in [-0.2, 0) is 4.74 Å². The van der Waals surface area contributed by atoms with Crippen molar-refractivity contribution in [2.75, 3.05) is 43.0 Å². The average Bonchev–Trinajstić information content (AvgIpc) is 2.45. The second-order valence-electron chi connectivity index (χ2n) is 6.74. The number of hydrogen-bond donors (Lipinski definition) is 1. The third-order valence-electron chi connectivity index (χ3n) is 3.43. The second-order valence-corrected chi connectivity index (χ2v) is 6.74. The number of hydrogen-bond acceptors (Lipinski definition) is 6. The topological polar surface area (TPSA) is 70.6 Å². The monoisotopic (exact) mass is 321 g/mol. The molecule has 2 rings (SSSR count). The van der Waals surface area contributed by atoms with Gasteiger partial charge in [-0.25, -0.2) is 9.78 Å². The summed E-state index contributed by atoms with van der Waals surface area (Å²) in [5.74, 6) is 1.54. The summed E-state index contributed by atoms with van der Waals surface area (Å²) in [6, 6.07) is 1.95. The molecule has 7 nitrogen and oxygen atoms in total. The van der Waals surface area contributed by atoms with Crippen molar-refractivity contribution in [2.45, 2.75) is 40.2 Å². The Balaban J connectivity index is 2.04. The lowest BCUT2D eigenvalue weighted by atomic mass is 10.1. The highest BCUT2D eigenvalue weighted by Crippen LogP contribution is 2.18. The number of anilines is 2. The second kappa shape index (κ2) is 7.02. The SMILES string of the molecule is CCOC(=O)N1CCN(c2nc(C)cc(NC(C)(C)C)n2)CC1. The molecule has 0 aromatic carbocycles. The molecule has 23 heavy (non-hydrogen) atoms. The van der Waals surface area contributed by atoms with E-state index < -0.39 is 0 Å². The predicted molar refractivity (Wildman–Crippen MR) is 91.0 cm³/mol. The molecule has 0 saturated carbocycles. The number of aromatic nitrogens is 2. The zero-order valence-corrected chi connectivity index (χ0v) is 14.7. The van der Waals surface area contributed by atoms with Crippen LogP contribution in [0.4, 0.5) is 16.6 Å². The van der Waals surface area contributed by atoms with Crippen LogP contribution in [0, 0.1) is 6.92 Å². The van der Waals surface area contributed by atoms with Gasteiger partial charge in [-0.2, -0.15) is 4.98 Å². The van der Waals surface area contributed by atoms with Gasteiger partial charge in [0.15, 0.2) is 0 Å². The van der Waals surface area contributed by atoms with Crippen LogP contribution in [0.15, 0.2) is 6.07 Å². The van der Waals surface area contributed by atoms with Gasteiger partial charge in [0, 0.05) is 43.5 Å². The van der Waals surface area contributed by atoms with Crippen molar-refractivity contribution in [3.05, 3.63) is 11.8 Å². The van der Waals surface area contributed by atoms with Gasteiger partial charge < -0.3 is 19.9 Å². The van der Waals surface area contributed by atoms with E-state index in [-0.39, 0.29) is 11.6 Å². The van der Waals surface area contributed by atoms with Crippen LogP contribution in [0.5, 0.6) is 0 Å². The standard InChI is InChI=1S/C16H27N5O2/c1-6-23-15(22)21-9-7-20(8-10-21)14-17-12(2)11-13(18-14)19-16(3,4)5/h11H,6-10H2,1-5H3,(H,17,18,19). The first kappa shape index (κ1) is 17.3. The Hall–Kier alpha value is -2.05. The highest BCUT2D eigenvalue weighted by molar-refractivity contribution is 5.68. The van der Waals surface area contributed by atoms with E-state index in [0.717, 1.165) is 11.5 Å². The first-order valence-corrected chi connectivity index (χ1v) is 8.09. The van der Waals surface area contributed by atoms with Crippen LogP contribution in [0.25, 0.3) is 0 Å². The molecule has 1 aliphatic rings. The van der Waals surface area contributed by atoms with Crippen molar-refractivity contribution in [3.8, 4) is 0 Å². The van der Waals surface area contributed by atoms with E-state index >= 15 is 0 Å². The van der Waals surface area contributed by atoms with E-state index in [4.69, 9.17) is 4.74 Å². The summed E-state index contributed by atoms with van der Waals surface area (Å²) in [5, 5.41) is 3.38. The molecule has 1 aromatic heterocycles. The van der Waals surface area contributed by atoms with Crippen molar-refractivity contribution < 1.29 is 9.53 Å². The van der Waals surface area contributed by atoms with E-state index in [2.05, 4.69) is 41.0 Å². The maximum absolute atomic E-state index is 11.8. The molecule has 0 aliphatic carbocycles. The molecule has 2 heterocycles. The van der Waals surface area contributed by atoms with E-state index in [1.165, 1.54) is 0 Å². The highest BCUT2D eigenvalue weighted by Gasteiger charge is 2.24. The highest BCUT2D eigenvalue weighted by atomic mass is 16.6. The maximum Gasteiger partial charge on any atom is 0.409 e. The number of piperazine rings is 1. The minimum absolute atomic E-state index is 0.0549. The molecule has 1 N–H and O–H groups in total. The lowest BCUT2D eigenvalue weighted by Gasteiger charge is -2.34. The van der Waals surface area contributed by atoms with Crippen LogP contribution in [0.1, 0.15) is 33.4 Å². The van der Waals surface area contributed by atoms with Crippen LogP contribution >= 0.6 is 0 Å². The summed E-state index contributed by atoms with van der Waals surface area (Å²) >= 11 is 0. The summed E-state index contributed by atoms with van der Waals surface area (Å²) < 4.78 is 5.04. The summed E-state index contributed by atoms with van der Waals surface area (Å²) in [6.45, 7) is 13.1. The fourth-order valence-corrected chi connectivity index (χ4v) is 2.45. The van der Waals surface area contributed by atoms with E-state index in [9.17, 15) is 4.79 Å². The smallest absolute Gasteiger partial charge is 0.409 e. The van der Waals surface area contributed by atoms with Crippen molar-refractivity contribution in [2.24, 2.45) is 0 Å². The molecule has 128 valence electrons. The van der Waals surface area contributed by atoms with Crippen molar-refractivity contribution >= 4 is 17.9 Å². The van der Waals surface area contributed by atoms with Crippen LogP contribution in [0.2, 0.25) is 0 Å². The summed E-state index contributed by atoms with van der Waals surface area (Å²) in [6.07, 6.45) is -0.243. The minimum atomic E-state index is -0.243. The Morgan fingerprint density at radius 1 is 1.26 bits per heavy atom. The first-order valence-electron chi connectivity index (χ1n) is 8.09. The van der Waals surface area contributed by atoms with Gasteiger partial charge in [0.2, 0.25) is 5.95 Å². The Morgan fingerprint density at radius 3 is 2.48 bits per heavy atom. The third-order valence-corrected chi connectivity index (χ3v) is 3.43. The summed E-state index contributed by atoms with van der Waals surface area (Å²) in [7, 11) is 0. The van der Waals surface area contributed by atoms with Gasteiger partial charge in [0.25, 0.3) is 0 Å². The summed E-state index contributed by atoms with van der Waals surface area (Å²) in [4.78, 5) is 24.7. The van der Waals surface area contributed by atoms with Crippen molar-refractivity contribution in [1.82, 2.24) is 14.9 Å². The molecule has 1 aromatic rings. The molecule has 0 spiro atoms. The average molecular weight is 321 g/mol. The maximum atomic E-state index is 11.8. The van der Waals surface area contributed by atoms with Gasteiger partial charge >= 0.3 is 6.09 Å². The van der Waals surface area contributed by atoms with Gasteiger partial charge in [-0.1, -0.05) is 0 Å². The molecule has 0 unspecified atom stereocenters. The number of rotatable bonds is 3. The Labute approximate surface area is 138 Å². The first-order chi connectivity index (χ1) is 10.8. The fourth-order valence-electron chi connectivity index (χ4n) is 2.45. The number of ether oxygens (including phenoxy) is 1. The van der Waals surface area contributed by atoms with Gasteiger partial charge in [-0.15, -0.1) is 0 Å². The van der Waals surface area contributed by atoms with Crippen LogP contribution in [-0.4, -0.2) is 59.3 Å². The van der Waals surface area contributed by atoms with Gasteiger partial charge in [-0.05, 0) is 34.6 Å². The molecule has 0 bridgehead atoms. The largest absolute Gasteiger partial charge is 0.450 e. The predicted octanol–water partition coefficient (Wildman–Crippen LogP) is 2.27. The summed E-state index contributed by atoms with van der Waals surface area (Å²) in [5.41, 5.74) is 0.871. The molecule has 1 saturated heterocycles. The zero-order chi connectivity index (χ0) is 17.0. The lowest BCUT2D eigenvalue weighted by molar-refractivity contribution is 0.105. The number of aryl methyl sites for hydroxylation is 1. The quantitative estimate of drug-likeness (QED) is 0.921. The number of carbonyl (C=O) groups excluding carboxylic acids is 1. The number of carbonyl (C=O) groups is 1. The van der Waals surface area contributed by atoms with E-state index in [0.29, 0.717) is 38.7 Å². The molecular formula is C16H27N5O2. The number of amides is 1. The van der Waals surface area contributed by atoms with Gasteiger partial charge in [0.05, 0.1) is 6.61 Å². The fraction of sp³-hybridized carbons (Fsp3) is 0.688. The molecule has 1 fully saturated rings. The molecule has 0 atom stereocenters. The van der Waals surface area contributed by atoms with Gasteiger partial charge in [-0.3, -0.25) is 0 Å². The minimum Gasteiger partial charge on any atom is -0.450 e.